The first-order valence-corrected chi connectivity index (χ1v) is 10.6. The van der Waals surface area contributed by atoms with Gasteiger partial charge < -0.3 is 24.8 Å². The number of rotatable bonds is 8. The van der Waals surface area contributed by atoms with Crippen molar-refractivity contribution in [3.63, 3.8) is 0 Å². The summed E-state index contributed by atoms with van der Waals surface area (Å²) in [4.78, 5) is 37.9. The molecule has 8 nitrogen and oxygen atoms in total. The minimum absolute atomic E-state index is 0.00323. The summed E-state index contributed by atoms with van der Waals surface area (Å²) in [5.41, 5.74) is 7.90. The van der Waals surface area contributed by atoms with Gasteiger partial charge in [0.2, 0.25) is 5.91 Å². The van der Waals surface area contributed by atoms with E-state index in [-0.39, 0.29) is 31.2 Å². The van der Waals surface area contributed by atoms with Crippen LogP contribution in [0.1, 0.15) is 34.3 Å². The zero-order valence-electron chi connectivity index (χ0n) is 17.9. The highest BCUT2D eigenvalue weighted by molar-refractivity contribution is 6.01. The molecule has 0 spiro atoms. The Hall–Kier alpha value is -3.55. The molecule has 4 rings (SSSR count). The molecule has 2 N–H and O–H groups in total. The van der Waals surface area contributed by atoms with E-state index in [2.05, 4.69) is 10.8 Å². The topological polar surface area (TPSA) is 108 Å². The van der Waals surface area contributed by atoms with Crippen LogP contribution in [-0.4, -0.2) is 49.0 Å². The predicted molar refractivity (Wildman–Crippen MR) is 115 cm³/mol. The molecule has 0 saturated heterocycles. The summed E-state index contributed by atoms with van der Waals surface area (Å²) in [5, 5.41) is 0. The molecule has 2 atom stereocenters. The number of hydrogen-bond donors (Lipinski definition) is 1. The van der Waals surface area contributed by atoms with Crippen LogP contribution in [-0.2, 0) is 27.3 Å². The van der Waals surface area contributed by atoms with Crippen LogP contribution in [0.15, 0.2) is 42.5 Å². The zero-order chi connectivity index (χ0) is 22.7. The van der Waals surface area contributed by atoms with Crippen LogP contribution >= 0.6 is 0 Å². The maximum atomic E-state index is 13.0. The van der Waals surface area contributed by atoms with Gasteiger partial charge in [-0.3, -0.25) is 14.4 Å². The number of nitrogens with zero attached hydrogens (tertiary/aromatic N) is 1. The first-order valence-electron chi connectivity index (χ1n) is 10.6. The number of benzene rings is 2. The van der Waals surface area contributed by atoms with Gasteiger partial charge in [0.05, 0.1) is 26.9 Å². The summed E-state index contributed by atoms with van der Waals surface area (Å²) >= 11 is 0. The fourth-order valence-corrected chi connectivity index (χ4v) is 4.23. The van der Waals surface area contributed by atoms with Crippen molar-refractivity contribution in [2.75, 3.05) is 20.3 Å². The van der Waals surface area contributed by atoms with E-state index in [9.17, 15) is 14.4 Å². The Morgan fingerprint density at radius 2 is 2.03 bits per heavy atom. The van der Waals surface area contributed by atoms with Gasteiger partial charge in [-0.05, 0) is 36.6 Å². The third-order valence-electron chi connectivity index (χ3n) is 5.94. The second-order valence-corrected chi connectivity index (χ2v) is 8.05. The lowest BCUT2D eigenvalue weighted by molar-refractivity contribution is -0.141. The fourth-order valence-electron chi connectivity index (χ4n) is 4.23. The molecule has 0 bridgehead atoms. The number of nitrogens with two attached hydrogens (primary N) is 1. The van der Waals surface area contributed by atoms with Crippen LogP contribution in [0, 0.1) is 5.92 Å². The number of methoxy groups -OCH3 is 1. The van der Waals surface area contributed by atoms with Crippen molar-refractivity contribution in [3.8, 4) is 11.5 Å². The number of amides is 2. The van der Waals surface area contributed by atoms with E-state index in [1.807, 2.05) is 24.3 Å². The highest BCUT2D eigenvalue weighted by Crippen LogP contribution is 2.34. The van der Waals surface area contributed by atoms with Crippen molar-refractivity contribution in [2.45, 2.75) is 31.8 Å². The molecule has 8 heteroatoms. The van der Waals surface area contributed by atoms with E-state index in [0.717, 1.165) is 23.3 Å². The monoisotopic (exact) mass is 438 g/mol. The van der Waals surface area contributed by atoms with Crippen molar-refractivity contribution < 1.29 is 28.6 Å². The lowest BCUT2D eigenvalue weighted by atomic mass is 9.97. The molecular formula is C24H26N2O6. The van der Waals surface area contributed by atoms with Crippen LogP contribution in [0.25, 0.3) is 0 Å². The molecule has 168 valence electrons. The Morgan fingerprint density at radius 1 is 1.22 bits per heavy atom. The number of hydrogen-bond acceptors (Lipinski definition) is 6. The third kappa shape index (κ3) is 4.39. The lowest BCUT2D eigenvalue weighted by Gasteiger charge is -2.26. The minimum atomic E-state index is -0.898. The summed E-state index contributed by atoms with van der Waals surface area (Å²) in [5.74, 6) is 0.293. The first-order chi connectivity index (χ1) is 15.5. The van der Waals surface area contributed by atoms with Gasteiger partial charge >= 0.3 is 5.97 Å². The van der Waals surface area contributed by atoms with Gasteiger partial charge in [0, 0.05) is 23.5 Å². The molecule has 2 unspecified atom stereocenters. The fraction of sp³-hybridized carbons (Fsp3) is 0.375. The average molecular weight is 438 g/mol. The summed E-state index contributed by atoms with van der Waals surface area (Å²) in [6.45, 7) is 1.21. The number of carbonyl (C=O) groups excluding carboxylic acids is 3. The van der Waals surface area contributed by atoms with Gasteiger partial charge in [0.15, 0.2) is 0 Å². The molecule has 2 aromatic rings. The van der Waals surface area contributed by atoms with Crippen LogP contribution in [0.3, 0.4) is 0 Å². The Labute approximate surface area is 186 Å². The largest absolute Gasteiger partial charge is 0.493 e. The molecule has 2 amide bonds. The third-order valence-corrected chi connectivity index (χ3v) is 5.94. The molecule has 0 aliphatic carbocycles. The molecule has 0 fully saturated rings. The van der Waals surface area contributed by atoms with Gasteiger partial charge in [-0.25, -0.2) is 0 Å². The van der Waals surface area contributed by atoms with E-state index in [4.69, 9.17) is 15.2 Å². The molecule has 2 aliphatic rings. The second kappa shape index (κ2) is 9.30. The molecular weight excluding hydrogens is 412 g/mol. The lowest BCUT2D eigenvalue weighted by Crippen LogP contribution is -2.45. The van der Waals surface area contributed by atoms with Crippen molar-refractivity contribution in [2.24, 2.45) is 11.7 Å². The molecule has 0 aromatic heterocycles. The van der Waals surface area contributed by atoms with Crippen molar-refractivity contribution in [1.29, 1.82) is 0 Å². The number of esters is 1. The van der Waals surface area contributed by atoms with E-state index in [1.54, 1.807) is 12.1 Å². The van der Waals surface area contributed by atoms with E-state index >= 15 is 0 Å². The number of carbonyl (C=O) groups is 3. The normalized spacial score (nSPS) is 17.7. The SMILES string of the molecule is COC(=O)CCC(C(N)=O)N1Cc2c(OCC3COc4ccccc4C3)cccc2C1=O. The van der Waals surface area contributed by atoms with Gasteiger partial charge in [-0.1, -0.05) is 24.3 Å². The van der Waals surface area contributed by atoms with Crippen LogP contribution in [0.5, 0.6) is 11.5 Å². The summed E-state index contributed by atoms with van der Waals surface area (Å²) < 4.78 is 16.6. The van der Waals surface area contributed by atoms with Gasteiger partial charge in [0.1, 0.15) is 17.5 Å². The summed E-state index contributed by atoms with van der Waals surface area (Å²) in [6.07, 6.45) is 0.959. The summed E-state index contributed by atoms with van der Waals surface area (Å²) in [7, 11) is 1.28. The molecule has 2 heterocycles. The number of primary amides is 1. The quantitative estimate of drug-likeness (QED) is 0.632. The Morgan fingerprint density at radius 3 is 2.81 bits per heavy atom. The maximum absolute atomic E-state index is 13.0. The second-order valence-electron chi connectivity index (χ2n) is 8.05. The Kier molecular flexibility index (Phi) is 6.30. The van der Waals surface area contributed by atoms with Crippen LogP contribution in [0.2, 0.25) is 0 Å². The number of fused-ring (bicyclic) bond motifs is 2. The van der Waals surface area contributed by atoms with Gasteiger partial charge in [0.25, 0.3) is 5.91 Å². The van der Waals surface area contributed by atoms with Crippen molar-refractivity contribution in [1.82, 2.24) is 4.90 Å². The maximum Gasteiger partial charge on any atom is 0.305 e. The molecule has 2 aliphatic heterocycles. The van der Waals surface area contributed by atoms with E-state index in [1.165, 1.54) is 12.0 Å². The Balaban J connectivity index is 1.45. The summed E-state index contributed by atoms with van der Waals surface area (Å²) in [6, 6.07) is 12.4. The average Bonchev–Trinajstić information content (AvgIpc) is 3.14. The molecule has 0 saturated carbocycles. The van der Waals surface area contributed by atoms with Crippen molar-refractivity contribution >= 4 is 17.8 Å². The van der Waals surface area contributed by atoms with Crippen molar-refractivity contribution in [3.05, 3.63) is 59.2 Å². The molecule has 0 radical (unpaired) electrons. The number of ether oxygens (including phenoxy) is 3. The highest BCUT2D eigenvalue weighted by Gasteiger charge is 2.37. The smallest absolute Gasteiger partial charge is 0.305 e. The minimum Gasteiger partial charge on any atom is -0.493 e. The van der Waals surface area contributed by atoms with E-state index < -0.39 is 17.9 Å². The predicted octanol–water partition coefficient (Wildman–Crippen LogP) is 2.08. The molecule has 2 aromatic carbocycles. The Bertz CT molecular complexity index is 1040. The van der Waals surface area contributed by atoms with Crippen LogP contribution < -0.4 is 15.2 Å². The zero-order valence-corrected chi connectivity index (χ0v) is 17.9. The van der Waals surface area contributed by atoms with Crippen LogP contribution in [0.4, 0.5) is 0 Å². The highest BCUT2D eigenvalue weighted by atomic mass is 16.5. The first kappa shape index (κ1) is 21.7. The standard InChI is InChI=1S/C24H26N2O6/c1-30-22(27)10-9-19(23(25)28)26-12-18-17(24(26)29)6-4-8-21(18)32-14-15-11-16-5-2-3-7-20(16)31-13-15/h2-8,15,19H,9-14H2,1H3,(H2,25,28). The van der Waals surface area contributed by atoms with Gasteiger partial charge in [-0.15, -0.1) is 0 Å². The molecule has 32 heavy (non-hydrogen) atoms. The van der Waals surface area contributed by atoms with E-state index in [0.29, 0.717) is 24.5 Å². The number of para-hydroxylation sites is 1. The van der Waals surface area contributed by atoms with Gasteiger partial charge in [-0.2, -0.15) is 0 Å².